The number of carbonyl (C=O) groups excluding carboxylic acids is 1. The largest absolute Gasteiger partial charge is 0.481 e. The number of carbonyl (C=O) groups is 2. The highest BCUT2D eigenvalue weighted by Crippen LogP contribution is 2.09. The third kappa shape index (κ3) is 4.86. The number of aromatic nitrogens is 1. The predicted octanol–water partition coefficient (Wildman–Crippen LogP) is 1.88. The third-order valence-electron chi connectivity index (χ3n) is 2.64. The quantitative estimate of drug-likeness (QED) is 0.866. The van der Waals surface area contributed by atoms with Crippen molar-refractivity contribution in [2.24, 2.45) is 0 Å². The lowest BCUT2D eigenvalue weighted by Crippen LogP contribution is -2.45. The number of aliphatic carboxylic acids is 1. The van der Waals surface area contributed by atoms with Crippen LogP contribution in [0.1, 0.15) is 26.0 Å². The van der Waals surface area contributed by atoms with Gasteiger partial charge in [0.1, 0.15) is 0 Å². The first kappa shape index (κ1) is 15.4. The summed E-state index contributed by atoms with van der Waals surface area (Å²) in [6, 6.07) is -0.214. The van der Waals surface area contributed by atoms with Crippen LogP contribution < -0.4 is 0 Å². The second kappa shape index (κ2) is 7.08. The van der Waals surface area contributed by atoms with Crippen molar-refractivity contribution >= 4 is 23.3 Å². The van der Waals surface area contributed by atoms with Crippen molar-refractivity contribution in [3.63, 3.8) is 0 Å². The lowest BCUT2D eigenvalue weighted by Gasteiger charge is -2.30. The van der Waals surface area contributed by atoms with Crippen LogP contribution in [-0.4, -0.2) is 51.5 Å². The monoisotopic (exact) mass is 285 g/mol. The Morgan fingerprint density at radius 2 is 2.16 bits per heavy atom. The van der Waals surface area contributed by atoms with Crippen molar-refractivity contribution < 1.29 is 14.7 Å². The van der Waals surface area contributed by atoms with E-state index in [2.05, 4.69) is 4.98 Å². The molecule has 2 amide bonds. The fraction of sp³-hybridized carbons (Fsp3) is 0.583. The molecule has 1 rings (SSSR count). The van der Waals surface area contributed by atoms with Gasteiger partial charge >= 0.3 is 12.0 Å². The molecule has 0 spiro atoms. The highest BCUT2D eigenvalue weighted by atomic mass is 32.1. The number of hydrogen-bond donors (Lipinski definition) is 1. The summed E-state index contributed by atoms with van der Waals surface area (Å²) in [4.78, 5) is 30.1. The van der Waals surface area contributed by atoms with Gasteiger partial charge in [0.25, 0.3) is 0 Å². The van der Waals surface area contributed by atoms with E-state index < -0.39 is 5.97 Å². The molecule has 19 heavy (non-hydrogen) atoms. The average molecular weight is 285 g/mol. The van der Waals surface area contributed by atoms with Gasteiger partial charge < -0.3 is 14.9 Å². The number of rotatable bonds is 6. The van der Waals surface area contributed by atoms with Gasteiger partial charge in [0.05, 0.1) is 24.2 Å². The van der Waals surface area contributed by atoms with Gasteiger partial charge in [-0.25, -0.2) is 9.78 Å². The summed E-state index contributed by atoms with van der Waals surface area (Å²) in [6.07, 6.45) is -0.0472. The number of thiazole rings is 1. The second-order valence-corrected chi connectivity index (χ2v) is 5.27. The summed E-state index contributed by atoms with van der Waals surface area (Å²) in [7, 11) is 1.69. The van der Waals surface area contributed by atoms with E-state index in [1.807, 2.05) is 19.2 Å². The molecule has 0 bridgehead atoms. The van der Waals surface area contributed by atoms with Gasteiger partial charge in [-0.3, -0.25) is 4.79 Å². The topological polar surface area (TPSA) is 73.7 Å². The molecule has 0 fully saturated rings. The van der Waals surface area contributed by atoms with Gasteiger partial charge in [0.15, 0.2) is 0 Å². The van der Waals surface area contributed by atoms with E-state index in [-0.39, 0.29) is 25.0 Å². The molecule has 0 atom stereocenters. The summed E-state index contributed by atoms with van der Waals surface area (Å²) < 4.78 is 0. The SMILES string of the molecule is CC(C)N(CCC(=O)O)C(=O)N(C)Cc1cscn1. The van der Waals surface area contributed by atoms with Crippen LogP contribution in [-0.2, 0) is 11.3 Å². The Bertz CT molecular complexity index is 420. The highest BCUT2D eigenvalue weighted by Gasteiger charge is 2.21. The fourth-order valence-electron chi connectivity index (χ4n) is 1.64. The maximum absolute atomic E-state index is 12.3. The van der Waals surface area contributed by atoms with Gasteiger partial charge in [0.2, 0.25) is 0 Å². The third-order valence-corrected chi connectivity index (χ3v) is 3.28. The molecule has 0 aromatic carbocycles. The maximum Gasteiger partial charge on any atom is 0.320 e. The van der Waals surface area contributed by atoms with E-state index in [1.54, 1.807) is 22.4 Å². The molecule has 1 heterocycles. The molecule has 106 valence electrons. The fourth-order valence-corrected chi connectivity index (χ4v) is 2.19. The lowest BCUT2D eigenvalue weighted by molar-refractivity contribution is -0.137. The molecular weight excluding hydrogens is 266 g/mol. The number of amides is 2. The molecule has 1 aromatic rings. The van der Waals surface area contributed by atoms with E-state index >= 15 is 0 Å². The van der Waals surface area contributed by atoms with Gasteiger partial charge in [-0.05, 0) is 13.8 Å². The molecule has 1 N–H and O–H groups in total. The minimum absolute atomic E-state index is 0.0373. The molecule has 0 aliphatic heterocycles. The van der Waals surface area contributed by atoms with Crippen molar-refractivity contribution in [2.45, 2.75) is 32.9 Å². The molecule has 7 heteroatoms. The van der Waals surface area contributed by atoms with Crippen molar-refractivity contribution in [1.29, 1.82) is 0 Å². The molecule has 0 aliphatic rings. The molecule has 0 saturated heterocycles. The minimum atomic E-state index is -0.902. The van der Waals surface area contributed by atoms with Crippen LogP contribution in [0, 0.1) is 0 Å². The standard InChI is InChI=1S/C12H19N3O3S/c1-9(2)15(5-4-11(16)17)12(18)14(3)6-10-7-19-8-13-10/h7-9H,4-6H2,1-3H3,(H,16,17). The zero-order valence-corrected chi connectivity index (χ0v) is 12.2. The van der Waals surface area contributed by atoms with Gasteiger partial charge in [-0.1, -0.05) is 0 Å². The first-order chi connectivity index (χ1) is 8.91. The van der Waals surface area contributed by atoms with Crippen LogP contribution in [0.25, 0.3) is 0 Å². The molecule has 0 radical (unpaired) electrons. The van der Waals surface area contributed by atoms with Crippen LogP contribution >= 0.6 is 11.3 Å². The lowest BCUT2D eigenvalue weighted by atomic mass is 10.3. The van der Waals surface area contributed by atoms with Crippen molar-refractivity contribution in [3.8, 4) is 0 Å². The Kier molecular flexibility index (Phi) is 5.75. The van der Waals surface area contributed by atoms with E-state index in [0.717, 1.165) is 5.69 Å². The second-order valence-electron chi connectivity index (χ2n) is 4.55. The summed E-state index contributed by atoms with van der Waals surface area (Å²) >= 11 is 1.48. The number of carboxylic acid groups (broad SMARTS) is 1. The summed E-state index contributed by atoms with van der Waals surface area (Å²) in [5.74, 6) is -0.902. The maximum atomic E-state index is 12.3. The van der Waals surface area contributed by atoms with Gasteiger partial charge in [0, 0.05) is 25.0 Å². The zero-order chi connectivity index (χ0) is 14.4. The summed E-state index contributed by atoms with van der Waals surface area (Å²) in [5.41, 5.74) is 2.56. The first-order valence-corrected chi connectivity index (χ1v) is 6.96. The molecule has 0 unspecified atom stereocenters. The molecular formula is C12H19N3O3S. The number of carboxylic acids is 1. The summed E-state index contributed by atoms with van der Waals surface area (Å²) in [6.45, 7) is 4.39. The Morgan fingerprint density at radius 1 is 1.47 bits per heavy atom. The van der Waals surface area contributed by atoms with Crippen LogP contribution in [0.2, 0.25) is 0 Å². The molecule has 1 aromatic heterocycles. The van der Waals surface area contributed by atoms with E-state index in [4.69, 9.17) is 5.11 Å². The normalized spacial score (nSPS) is 10.5. The first-order valence-electron chi connectivity index (χ1n) is 6.02. The zero-order valence-electron chi connectivity index (χ0n) is 11.4. The van der Waals surface area contributed by atoms with E-state index in [9.17, 15) is 9.59 Å². The highest BCUT2D eigenvalue weighted by molar-refractivity contribution is 7.07. The molecule has 6 nitrogen and oxygen atoms in total. The van der Waals surface area contributed by atoms with Gasteiger partial charge in [-0.15, -0.1) is 11.3 Å². The Morgan fingerprint density at radius 3 is 2.63 bits per heavy atom. The van der Waals surface area contributed by atoms with Crippen LogP contribution in [0.15, 0.2) is 10.9 Å². The van der Waals surface area contributed by atoms with Crippen molar-refractivity contribution in [2.75, 3.05) is 13.6 Å². The van der Waals surface area contributed by atoms with Crippen LogP contribution in [0.5, 0.6) is 0 Å². The number of nitrogens with zero attached hydrogens (tertiary/aromatic N) is 3. The predicted molar refractivity (Wildman–Crippen MR) is 73.1 cm³/mol. The average Bonchev–Trinajstić information content (AvgIpc) is 2.80. The van der Waals surface area contributed by atoms with Crippen LogP contribution in [0.4, 0.5) is 4.79 Å². The van der Waals surface area contributed by atoms with Crippen molar-refractivity contribution in [1.82, 2.24) is 14.8 Å². The summed E-state index contributed by atoms with van der Waals surface area (Å²) in [5, 5.41) is 10.6. The van der Waals surface area contributed by atoms with Crippen LogP contribution in [0.3, 0.4) is 0 Å². The van der Waals surface area contributed by atoms with E-state index in [1.165, 1.54) is 11.3 Å². The Balaban J connectivity index is 2.62. The number of hydrogen-bond acceptors (Lipinski definition) is 4. The van der Waals surface area contributed by atoms with Gasteiger partial charge in [-0.2, -0.15) is 0 Å². The minimum Gasteiger partial charge on any atom is -0.481 e. The smallest absolute Gasteiger partial charge is 0.320 e. The van der Waals surface area contributed by atoms with E-state index in [0.29, 0.717) is 6.54 Å². The molecule has 0 saturated carbocycles. The Hall–Kier alpha value is -1.63. The Labute approximate surface area is 116 Å². The number of urea groups is 1. The van der Waals surface area contributed by atoms with Crippen molar-refractivity contribution in [3.05, 3.63) is 16.6 Å². The molecule has 0 aliphatic carbocycles.